The van der Waals surface area contributed by atoms with Crippen molar-refractivity contribution < 1.29 is 28.5 Å². The Hall–Kier alpha value is -6.24. The topological polar surface area (TPSA) is 186 Å². The molecule has 0 aromatic carbocycles. The Bertz CT molecular complexity index is 2420. The third-order valence-corrected chi connectivity index (χ3v) is 11.6. The van der Waals surface area contributed by atoms with Crippen LogP contribution in [0.5, 0.6) is 0 Å². The molecule has 66 heavy (non-hydrogen) atoms. The summed E-state index contributed by atoms with van der Waals surface area (Å²) in [4.78, 5) is 56.0. The van der Waals surface area contributed by atoms with Crippen molar-refractivity contribution in [1.29, 1.82) is 0 Å². The maximum absolute atomic E-state index is 13.6. The van der Waals surface area contributed by atoms with Crippen LogP contribution in [0.2, 0.25) is 0 Å². The zero-order valence-electron chi connectivity index (χ0n) is 39.6. The van der Waals surface area contributed by atoms with E-state index in [9.17, 15) is 9.59 Å². The number of fused-ring (bicyclic) bond motifs is 1. The number of imide groups is 1. The van der Waals surface area contributed by atoms with Crippen molar-refractivity contribution in [3.05, 3.63) is 78.1 Å². The van der Waals surface area contributed by atoms with E-state index in [4.69, 9.17) is 32.1 Å². The minimum Gasteiger partial charge on any atom is -0.443 e. The number of carbonyl (C=O) groups is 2. The van der Waals surface area contributed by atoms with Gasteiger partial charge in [-0.15, -0.1) is 0 Å². The minimum absolute atomic E-state index is 0.000780. The molecule has 0 saturated heterocycles. The van der Waals surface area contributed by atoms with E-state index in [0.29, 0.717) is 55.0 Å². The maximum Gasteiger partial charge on any atom is 0.425 e. The zero-order chi connectivity index (χ0) is 47.4. The predicted octanol–water partition coefficient (Wildman–Crippen LogP) is 10.1. The van der Waals surface area contributed by atoms with Crippen LogP contribution in [0.15, 0.2) is 49.7 Å². The van der Waals surface area contributed by atoms with Crippen LogP contribution in [0.4, 0.5) is 15.4 Å². The van der Waals surface area contributed by atoms with Crippen molar-refractivity contribution in [2.45, 2.75) is 143 Å². The molecule has 7 rings (SSSR count). The fourth-order valence-electron chi connectivity index (χ4n) is 8.75. The average molecular weight is 905 g/mol. The second kappa shape index (κ2) is 22.3. The number of aromatic nitrogens is 9. The zero-order valence-corrected chi connectivity index (χ0v) is 39.6. The molecule has 0 unspecified atom stereocenters. The molecule has 2 amide bonds. The molecule has 2 saturated carbocycles. The highest BCUT2D eigenvalue weighted by atomic mass is 16.7. The predicted molar refractivity (Wildman–Crippen MR) is 249 cm³/mol. The second-order valence-corrected chi connectivity index (χ2v) is 18.7. The molecule has 5 aromatic rings. The monoisotopic (exact) mass is 905 g/mol. The van der Waals surface area contributed by atoms with Crippen LogP contribution in [-0.2, 0) is 25.4 Å². The van der Waals surface area contributed by atoms with Crippen LogP contribution < -0.4 is 4.90 Å². The van der Waals surface area contributed by atoms with Gasteiger partial charge in [0.15, 0.2) is 12.1 Å². The highest BCUT2D eigenvalue weighted by molar-refractivity contribution is 6.09. The van der Waals surface area contributed by atoms with Crippen LogP contribution in [0.1, 0.15) is 124 Å². The van der Waals surface area contributed by atoms with Crippen molar-refractivity contribution in [2.24, 2.45) is 11.8 Å². The average Bonchev–Trinajstić information content (AvgIpc) is 4.12. The summed E-state index contributed by atoms with van der Waals surface area (Å²) in [6.07, 6.45) is 19.0. The Kier molecular flexibility index (Phi) is 16.6. The minimum atomic E-state index is -0.939. The Morgan fingerprint density at radius 1 is 0.758 bits per heavy atom. The van der Waals surface area contributed by atoms with Crippen LogP contribution in [0.3, 0.4) is 0 Å². The number of anilines is 1. The van der Waals surface area contributed by atoms with E-state index in [1.165, 1.54) is 32.0 Å². The van der Waals surface area contributed by atoms with Gasteiger partial charge in [0.05, 0.1) is 23.8 Å². The molecule has 0 spiro atoms. The fraction of sp³-hybridized carbons (Fsp3) is 0.583. The molecule has 18 heteroatoms. The summed E-state index contributed by atoms with van der Waals surface area (Å²) in [5.41, 5.74) is 2.42. The van der Waals surface area contributed by atoms with E-state index in [-0.39, 0.29) is 24.3 Å². The smallest absolute Gasteiger partial charge is 0.425 e. The number of carbonyl (C=O) groups excluding carboxylic acids is 2. The Morgan fingerprint density at radius 3 is 1.73 bits per heavy atom. The first-order valence-corrected chi connectivity index (χ1v) is 23.0. The lowest BCUT2D eigenvalue weighted by Crippen LogP contribution is -2.45. The number of hydrogen-bond donors (Lipinski definition) is 1. The number of nitrogens with zero attached hydrogens (tertiary/aromatic N) is 11. The van der Waals surface area contributed by atoms with Crippen molar-refractivity contribution >= 4 is 29.0 Å². The van der Waals surface area contributed by atoms with Crippen molar-refractivity contribution in [2.75, 3.05) is 31.2 Å². The lowest BCUT2D eigenvalue weighted by molar-refractivity contribution is -0.134. The van der Waals surface area contributed by atoms with Crippen LogP contribution in [0.25, 0.3) is 43.2 Å². The third-order valence-electron chi connectivity index (χ3n) is 11.6. The van der Waals surface area contributed by atoms with Gasteiger partial charge >= 0.3 is 12.2 Å². The Balaban J connectivity index is 0.000000260. The van der Waals surface area contributed by atoms with E-state index >= 15 is 0 Å². The maximum atomic E-state index is 13.6. The van der Waals surface area contributed by atoms with Gasteiger partial charge in [-0.25, -0.2) is 42.7 Å². The molecule has 1 N–H and O–H groups in total. The number of rotatable bonds is 15. The largest absolute Gasteiger partial charge is 0.443 e. The van der Waals surface area contributed by atoms with E-state index in [2.05, 4.69) is 44.8 Å². The molecule has 2 aliphatic carbocycles. The van der Waals surface area contributed by atoms with Gasteiger partial charge in [-0.2, -0.15) is 15.1 Å². The van der Waals surface area contributed by atoms with Crippen molar-refractivity contribution in [3.8, 4) is 22.5 Å². The first kappa shape index (κ1) is 49.2. The van der Waals surface area contributed by atoms with Crippen LogP contribution >= 0.6 is 0 Å². The molecule has 5 heterocycles. The molecule has 5 aromatic heterocycles. The highest BCUT2D eigenvalue weighted by Gasteiger charge is 2.37. The third kappa shape index (κ3) is 12.6. The standard InChI is InChI=1S/C31H46N6O6.C17H18N6/c1-10-40-25(41-11-2)16-23-26(22-17-35-36(19-22)24(18-32-9)21-14-12-13-15-21)33-20-34-27(23)37(28(38)42-30(3,4)5)29(39)43-31(6,7)8;1-18-9-15(12-4-2-3-5-12)23-10-13(8-22-23)16-14-6-7-19-17(14)21-11-20-16/h17,19-21,24-25H,10-16,18H2,1-8H3;6-8,10-12,15H,2-5,9H2,(H,19,20,21)/t24-;15-/m11/s1. The molecule has 18 nitrogen and oxygen atoms in total. The number of amides is 2. The quantitative estimate of drug-likeness (QED) is 0.0775. The molecular weight excluding hydrogens is 841 g/mol. The molecule has 0 radical (unpaired) electrons. The van der Waals surface area contributed by atoms with E-state index < -0.39 is 29.7 Å². The SMILES string of the molecule is [C-]#[N+]C[C@H](C1CCCC1)n1cc(-c2ncnc(N(C(=O)OC(C)(C)C)C(=O)OC(C)(C)C)c2CC(OCC)OCC)cn1.[C-]#[N+]C[C@H](C1CCCC1)n1cc(-c2ncnc3[nH]ccc23)cn1. The fourth-order valence-corrected chi connectivity index (χ4v) is 8.75. The Morgan fingerprint density at radius 2 is 1.24 bits per heavy atom. The van der Waals surface area contributed by atoms with E-state index in [1.807, 2.05) is 54.1 Å². The van der Waals surface area contributed by atoms with Gasteiger partial charge < -0.3 is 33.6 Å². The molecular formula is C48H64N12O6. The van der Waals surface area contributed by atoms with E-state index in [1.54, 1.807) is 54.1 Å². The number of hydrogen-bond acceptors (Lipinski definition) is 12. The molecule has 2 aliphatic rings. The molecule has 0 bridgehead atoms. The number of nitrogens with one attached hydrogen (secondary N) is 1. The molecule has 352 valence electrons. The summed E-state index contributed by atoms with van der Waals surface area (Å²) >= 11 is 0. The number of aromatic amines is 1. The number of ether oxygens (including phenoxy) is 4. The van der Waals surface area contributed by atoms with Crippen molar-refractivity contribution in [1.82, 2.24) is 44.5 Å². The number of H-pyrrole nitrogens is 1. The van der Waals surface area contributed by atoms with Gasteiger partial charge in [0.1, 0.15) is 41.6 Å². The van der Waals surface area contributed by atoms with Gasteiger partial charge in [0.2, 0.25) is 13.1 Å². The summed E-state index contributed by atoms with van der Waals surface area (Å²) in [5.74, 6) is 0.936. The van der Waals surface area contributed by atoms with Gasteiger partial charge in [0, 0.05) is 60.3 Å². The molecule has 2 fully saturated rings. The summed E-state index contributed by atoms with van der Waals surface area (Å²) in [6.45, 7) is 30.3. The lowest BCUT2D eigenvalue weighted by Gasteiger charge is -2.29. The van der Waals surface area contributed by atoms with Gasteiger partial charge in [-0.1, -0.05) is 25.7 Å². The second-order valence-electron chi connectivity index (χ2n) is 18.7. The van der Waals surface area contributed by atoms with Gasteiger partial charge in [0.25, 0.3) is 0 Å². The summed E-state index contributed by atoms with van der Waals surface area (Å²) in [7, 11) is 0. The highest BCUT2D eigenvalue weighted by Crippen LogP contribution is 2.38. The normalized spacial score (nSPS) is 15.5. The lowest BCUT2D eigenvalue weighted by atomic mass is 9.98. The van der Waals surface area contributed by atoms with Crippen LogP contribution in [0, 0.1) is 25.0 Å². The van der Waals surface area contributed by atoms with E-state index in [0.717, 1.165) is 52.9 Å². The molecule has 0 aliphatic heterocycles. The first-order chi connectivity index (χ1) is 31.6. The summed E-state index contributed by atoms with van der Waals surface area (Å²) < 4.78 is 26.8. The van der Waals surface area contributed by atoms with Gasteiger partial charge in [-0.05, 0) is 99.0 Å². The molecule has 2 atom stereocenters. The first-order valence-electron chi connectivity index (χ1n) is 23.0. The van der Waals surface area contributed by atoms with Crippen LogP contribution in [-0.4, -0.2) is 100 Å². The Labute approximate surface area is 387 Å². The van der Waals surface area contributed by atoms with Crippen molar-refractivity contribution in [3.63, 3.8) is 0 Å². The summed E-state index contributed by atoms with van der Waals surface area (Å²) in [6, 6.07) is 2.10. The van der Waals surface area contributed by atoms with Gasteiger partial charge in [-0.3, -0.25) is 9.36 Å². The summed E-state index contributed by atoms with van der Waals surface area (Å²) in [5, 5.41) is 10.2.